The Morgan fingerprint density at radius 2 is 2.00 bits per heavy atom. The number of benzene rings is 2. The molecule has 7 heteroatoms. The van der Waals surface area contributed by atoms with Gasteiger partial charge in [-0.15, -0.1) is 0 Å². The van der Waals surface area contributed by atoms with E-state index in [0.29, 0.717) is 36.8 Å². The topological polar surface area (TPSA) is 85.9 Å². The summed E-state index contributed by atoms with van der Waals surface area (Å²) in [5.41, 5.74) is 3.29. The summed E-state index contributed by atoms with van der Waals surface area (Å²) in [6, 6.07) is 11.3. The van der Waals surface area contributed by atoms with Crippen molar-refractivity contribution in [2.75, 3.05) is 37.6 Å². The van der Waals surface area contributed by atoms with Gasteiger partial charge in [-0.3, -0.25) is 9.59 Å². The molecule has 2 amide bonds. The van der Waals surface area contributed by atoms with Gasteiger partial charge in [-0.05, 0) is 35.4 Å². The Labute approximate surface area is 156 Å². The molecule has 2 N–H and O–H groups in total. The molecule has 0 spiro atoms. The van der Waals surface area contributed by atoms with Crippen LogP contribution < -0.4 is 20.1 Å². The van der Waals surface area contributed by atoms with E-state index in [1.807, 2.05) is 30.3 Å². The van der Waals surface area contributed by atoms with Crippen LogP contribution in [0.15, 0.2) is 36.4 Å². The van der Waals surface area contributed by atoms with Gasteiger partial charge in [-0.2, -0.15) is 0 Å². The van der Waals surface area contributed by atoms with Crippen molar-refractivity contribution < 1.29 is 23.8 Å². The second kappa shape index (κ2) is 7.28. The van der Waals surface area contributed by atoms with Crippen LogP contribution in [0.5, 0.6) is 11.5 Å². The SMILES string of the molecule is COCC(=O)Nc1ccc2c(c1)NC(=O)C[C@@H]2c1ccc2c(c1)OCCO2. The number of hydrogen-bond donors (Lipinski definition) is 2. The third-order valence-corrected chi connectivity index (χ3v) is 4.62. The molecule has 0 unspecified atom stereocenters. The Morgan fingerprint density at radius 1 is 1.19 bits per heavy atom. The maximum Gasteiger partial charge on any atom is 0.250 e. The predicted molar refractivity (Wildman–Crippen MR) is 99.5 cm³/mol. The fourth-order valence-electron chi connectivity index (χ4n) is 3.45. The quantitative estimate of drug-likeness (QED) is 0.866. The van der Waals surface area contributed by atoms with Gasteiger partial charge in [0, 0.05) is 30.8 Å². The van der Waals surface area contributed by atoms with Crippen LogP contribution in [0.25, 0.3) is 0 Å². The number of ether oxygens (including phenoxy) is 3. The Bertz CT molecular complexity index is 896. The van der Waals surface area contributed by atoms with Crippen molar-refractivity contribution in [1.29, 1.82) is 0 Å². The molecule has 0 saturated heterocycles. The molecule has 2 aliphatic rings. The van der Waals surface area contributed by atoms with E-state index in [-0.39, 0.29) is 24.3 Å². The van der Waals surface area contributed by atoms with Crippen molar-refractivity contribution in [3.05, 3.63) is 47.5 Å². The zero-order chi connectivity index (χ0) is 18.8. The third-order valence-electron chi connectivity index (χ3n) is 4.62. The molecule has 0 aromatic heterocycles. The first-order chi connectivity index (χ1) is 13.1. The zero-order valence-corrected chi connectivity index (χ0v) is 14.9. The van der Waals surface area contributed by atoms with E-state index in [2.05, 4.69) is 10.6 Å². The number of carbonyl (C=O) groups excluding carboxylic acids is 2. The van der Waals surface area contributed by atoms with E-state index >= 15 is 0 Å². The van der Waals surface area contributed by atoms with Crippen molar-refractivity contribution in [1.82, 2.24) is 0 Å². The molecule has 2 aromatic carbocycles. The van der Waals surface area contributed by atoms with Gasteiger partial charge in [0.25, 0.3) is 0 Å². The first kappa shape index (κ1) is 17.4. The van der Waals surface area contributed by atoms with Crippen LogP contribution in [-0.4, -0.2) is 38.7 Å². The molecule has 140 valence electrons. The highest BCUT2D eigenvalue weighted by atomic mass is 16.6. The molecule has 7 nitrogen and oxygen atoms in total. The first-order valence-electron chi connectivity index (χ1n) is 8.76. The minimum Gasteiger partial charge on any atom is -0.486 e. The molecule has 0 aliphatic carbocycles. The van der Waals surface area contributed by atoms with Gasteiger partial charge in [-0.25, -0.2) is 0 Å². The van der Waals surface area contributed by atoms with Crippen molar-refractivity contribution in [2.45, 2.75) is 12.3 Å². The second-order valence-corrected chi connectivity index (χ2v) is 6.49. The van der Waals surface area contributed by atoms with E-state index in [4.69, 9.17) is 14.2 Å². The van der Waals surface area contributed by atoms with Gasteiger partial charge in [0.05, 0.1) is 0 Å². The summed E-state index contributed by atoms with van der Waals surface area (Å²) in [5.74, 6) is 1.02. The Kier molecular flexibility index (Phi) is 4.68. The maximum atomic E-state index is 12.3. The number of fused-ring (bicyclic) bond motifs is 2. The Balaban J connectivity index is 1.65. The summed E-state index contributed by atoms with van der Waals surface area (Å²) in [7, 11) is 1.46. The highest BCUT2D eigenvalue weighted by Gasteiger charge is 2.28. The van der Waals surface area contributed by atoms with Gasteiger partial charge in [0.2, 0.25) is 11.8 Å². The molecule has 4 rings (SSSR count). The normalized spacial score (nSPS) is 17.7. The summed E-state index contributed by atoms with van der Waals surface area (Å²) in [6.07, 6.45) is 0.349. The molecular formula is C20H20N2O5. The van der Waals surface area contributed by atoms with E-state index in [1.54, 1.807) is 6.07 Å². The number of carbonyl (C=O) groups is 2. The summed E-state index contributed by atoms with van der Waals surface area (Å²) in [4.78, 5) is 24.0. The van der Waals surface area contributed by atoms with Gasteiger partial charge >= 0.3 is 0 Å². The predicted octanol–water partition coefficient (Wildman–Crippen LogP) is 2.52. The van der Waals surface area contributed by atoms with Gasteiger partial charge in [0.15, 0.2) is 11.5 Å². The molecule has 0 radical (unpaired) electrons. The smallest absolute Gasteiger partial charge is 0.250 e. The van der Waals surface area contributed by atoms with Crippen LogP contribution in [0.4, 0.5) is 11.4 Å². The average Bonchev–Trinajstić information content (AvgIpc) is 2.67. The number of nitrogens with one attached hydrogen (secondary N) is 2. The van der Waals surface area contributed by atoms with Crippen molar-refractivity contribution >= 4 is 23.2 Å². The number of anilines is 2. The van der Waals surface area contributed by atoms with Crippen LogP contribution in [0.3, 0.4) is 0 Å². The van der Waals surface area contributed by atoms with Gasteiger partial charge in [-0.1, -0.05) is 12.1 Å². The van der Waals surface area contributed by atoms with Crippen molar-refractivity contribution in [3.8, 4) is 11.5 Å². The van der Waals surface area contributed by atoms with Crippen LogP contribution >= 0.6 is 0 Å². The number of amides is 2. The van der Waals surface area contributed by atoms with E-state index in [0.717, 1.165) is 16.9 Å². The molecule has 27 heavy (non-hydrogen) atoms. The van der Waals surface area contributed by atoms with E-state index in [1.165, 1.54) is 7.11 Å². The molecule has 2 aromatic rings. The number of rotatable bonds is 4. The highest BCUT2D eigenvalue weighted by Crippen LogP contribution is 2.41. The Morgan fingerprint density at radius 3 is 2.81 bits per heavy atom. The fraction of sp³-hybridized carbons (Fsp3) is 0.300. The van der Waals surface area contributed by atoms with E-state index in [9.17, 15) is 9.59 Å². The summed E-state index contributed by atoms with van der Waals surface area (Å²) < 4.78 is 16.1. The zero-order valence-electron chi connectivity index (χ0n) is 14.9. The lowest BCUT2D eigenvalue weighted by Crippen LogP contribution is -2.24. The number of hydrogen-bond acceptors (Lipinski definition) is 5. The molecule has 1 atom stereocenters. The lowest BCUT2D eigenvalue weighted by atomic mass is 9.84. The van der Waals surface area contributed by atoms with Crippen LogP contribution in [0.1, 0.15) is 23.5 Å². The van der Waals surface area contributed by atoms with Gasteiger partial charge in [0.1, 0.15) is 19.8 Å². The highest BCUT2D eigenvalue weighted by molar-refractivity contribution is 5.97. The standard InChI is InChI=1S/C20H20N2O5/c1-25-11-20(24)21-13-3-4-14-15(10-19(23)22-16(14)9-13)12-2-5-17-18(8-12)27-7-6-26-17/h2-5,8-9,15H,6-7,10-11H2,1H3,(H,21,24)(H,22,23)/t15-/m1/s1. The molecule has 0 saturated carbocycles. The monoisotopic (exact) mass is 368 g/mol. The van der Waals surface area contributed by atoms with E-state index < -0.39 is 0 Å². The fourth-order valence-corrected chi connectivity index (χ4v) is 3.45. The minimum atomic E-state index is -0.247. The lowest BCUT2D eigenvalue weighted by Gasteiger charge is -2.28. The lowest BCUT2D eigenvalue weighted by molar-refractivity contribution is -0.119. The minimum absolute atomic E-state index is 0.0245. The molecule has 0 fully saturated rings. The molecule has 0 bridgehead atoms. The van der Waals surface area contributed by atoms with Crippen LogP contribution in [-0.2, 0) is 14.3 Å². The Hall–Kier alpha value is -3.06. The molecule has 2 aliphatic heterocycles. The largest absolute Gasteiger partial charge is 0.486 e. The summed E-state index contributed by atoms with van der Waals surface area (Å²) >= 11 is 0. The molecule has 2 heterocycles. The summed E-state index contributed by atoms with van der Waals surface area (Å²) in [6.45, 7) is 1.03. The van der Waals surface area contributed by atoms with Crippen LogP contribution in [0.2, 0.25) is 0 Å². The second-order valence-electron chi connectivity index (χ2n) is 6.49. The first-order valence-corrected chi connectivity index (χ1v) is 8.76. The number of methoxy groups -OCH3 is 1. The van der Waals surface area contributed by atoms with Crippen molar-refractivity contribution in [2.24, 2.45) is 0 Å². The third kappa shape index (κ3) is 3.59. The average molecular weight is 368 g/mol. The van der Waals surface area contributed by atoms with Crippen LogP contribution in [0, 0.1) is 0 Å². The maximum absolute atomic E-state index is 12.3. The van der Waals surface area contributed by atoms with Gasteiger partial charge < -0.3 is 24.8 Å². The summed E-state index contributed by atoms with van der Waals surface area (Å²) in [5, 5.41) is 5.64. The van der Waals surface area contributed by atoms with Crippen molar-refractivity contribution in [3.63, 3.8) is 0 Å². The molecular weight excluding hydrogens is 348 g/mol.